The molecule has 0 aromatic rings. The zero-order valence-electron chi connectivity index (χ0n) is 15.5. The molecule has 3 saturated carbocycles. The molecule has 0 aromatic heterocycles. The fraction of sp³-hybridized carbons (Fsp3) is 0.905. The van der Waals surface area contributed by atoms with Gasteiger partial charge in [-0.15, -0.1) is 0 Å². The molecule has 0 aromatic carbocycles. The number of carbonyl (C=O) groups is 2. The first-order valence-corrected chi connectivity index (χ1v) is 9.85. The van der Waals surface area contributed by atoms with E-state index in [9.17, 15) is 9.59 Å². The Morgan fingerprint density at radius 3 is 2.52 bits per heavy atom. The standard InChI is InChI=1S/C21H34O2/c1-5-15-6-8-17-16-7-9-19(23)21(4,12-10-14(2)22)18(16)11-13-20(15,17)3/h15-18H,5-13H2,1-4H3/t15-,16-,17-,18+,20+,21-/m0/s1. The first kappa shape index (κ1) is 17.2. The van der Waals surface area contributed by atoms with Crippen LogP contribution >= 0.6 is 0 Å². The number of hydrogen-bond donors (Lipinski definition) is 0. The van der Waals surface area contributed by atoms with Crippen LogP contribution in [0.25, 0.3) is 0 Å². The van der Waals surface area contributed by atoms with Gasteiger partial charge in [0.2, 0.25) is 0 Å². The molecule has 0 saturated heterocycles. The minimum atomic E-state index is -0.236. The van der Waals surface area contributed by atoms with E-state index < -0.39 is 0 Å². The van der Waals surface area contributed by atoms with Crippen LogP contribution in [0.2, 0.25) is 0 Å². The molecule has 0 amide bonds. The minimum absolute atomic E-state index is 0.230. The van der Waals surface area contributed by atoms with Crippen LogP contribution < -0.4 is 0 Å². The average molecular weight is 319 g/mol. The number of carbonyl (C=O) groups excluding carboxylic acids is 2. The second-order valence-electron chi connectivity index (χ2n) is 9.19. The highest BCUT2D eigenvalue weighted by atomic mass is 16.1. The van der Waals surface area contributed by atoms with Gasteiger partial charge in [-0.2, -0.15) is 0 Å². The van der Waals surface area contributed by atoms with Crippen molar-refractivity contribution >= 4 is 11.6 Å². The molecule has 3 aliphatic rings. The lowest BCUT2D eigenvalue weighted by molar-refractivity contribution is -0.146. The van der Waals surface area contributed by atoms with Crippen LogP contribution in [0.15, 0.2) is 0 Å². The van der Waals surface area contributed by atoms with E-state index in [0.29, 0.717) is 23.5 Å². The van der Waals surface area contributed by atoms with E-state index in [2.05, 4.69) is 20.8 Å². The number of Topliss-reactive ketones (excluding diaryl/α,β-unsaturated/α-hetero) is 2. The van der Waals surface area contributed by atoms with E-state index in [1.165, 1.54) is 32.1 Å². The predicted molar refractivity (Wildman–Crippen MR) is 93.1 cm³/mol. The third-order valence-electron chi connectivity index (χ3n) is 8.28. The summed E-state index contributed by atoms with van der Waals surface area (Å²) >= 11 is 0. The number of hydrogen-bond acceptors (Lipinski definition) is 2. The lowest BCUT2D eigenvalue weighted by Crippen LogP contribution is -2.52. The van der Waals surface area contributed by atoms with Gasteiger partial charge in [0.15, 0.2) is 0 Å². The molecule has 3 rings (SSSR count). The first-order chi connectivity index (χ1) is 10.8. The average Bonchev–Trinajstić information content (AvgIpc) is 2.85. The van der Waals surface area contributed by atoms with Crippen LogP contribution in [0.3, 0.4) is 0 Å². The summed E-state index contributed by atoms with van der Waals surface area (Å²) in [7, 11) is 0. The molecule has 2 nitrogen and oxygen atoms in total. The van der Waals surface area contributed by atoms with Crippen molar-refractivity contribution in [3.8, 4) is 0 Å². The van der Waals surface area contributed by atoms with E-state index in [0.717, 1.165) is 37.0 Å². The highest BCUT2D eigenvalue weighted by molar-refractivity contribution is 5.86. The van der Waals surface area contributed by atoms with Crippen molar-refractivity contribution in [1.82, 2.24) is 0 Å². The highest BCUT2D eigenvalue weighted by Gasteiger charge is 2.58. The molecule has 0 spiro atoms. The summed E-state index contributed by atoms with van der Waals surface area (Å²) in [5, 5.41) is 0. The third kappa shape index (κ3) is 2.61. The van der Waals surface area contributed by atoms with Gasteiger partial charge in [0.25, 0.3) is 0 Å². The second-order valence-corrected chi connectivity index (χ2v) is 9.19. The van der Waals surface area contributed by atoms with E-state index in [1.54, 1.807) is 6.92 Å². The summed E-state index contributed by atoms with van der Waals surface area (Å²) < 4.78 is 0. The molecule has 23 heavy (non-hydrogen) atoms. The van der Waals surface area contributed by atoms with Gasteiger partial charge in [-0.3, -0.25) is 4.79 Å². The SMILES string of the molecule is CC[C@H]1CC[C@H]2[C@@H]3CCC(=O)[C@@](C)(CCC(C)=O)[C@@H]3CC[C@]12C. The molecule has 0 unspecified atom stereocenters. The Kier molecular flexibility index (Phi) is 4.48. The summed E-state index contributed by atoms with van der Waals surface area (Å²) in [6.45, 7) is 8.74. The number of ketones is 2. The minimum Gasteiger partial charge on any atom is -0.300 e. The van der Waals surface area contributed by atoms with Crippen LogP contribution in [0.4, 0.5) is 0 Å². The van der Waals surface area contributed by atoms with Crippen LogP contribution in [0, 0.1) is 34.5 Å². The number of fused-ring (bicyclic) bond motifs is 3. The van der Waals surface area contributed by atoms with E-state index >= 15 is 0 Å². The first-order valence-electron chi connectivity index (χ1n) is 9.85. The van der Waals surface area contributed by atoms with Gasteiger partial charge in [0.05, 0.1) is 0 Å². The zero-order valence-corrected chi connectivity index (χ0v) is 15.5. The molecule has 0 N–H and O–H groups in total. The van der Waals surface area contributed by atoms with E-state index in [-0.39, 0.29) is 11.2 Å². The molecule has 0 bridgehead atoms. The number of rotatable bonds is 4. The molecular weight excluding hydrogens is 284 g/mol. The Labute approximate surface area is 141 Å². The highest BCUT2D eigenvalue weighted by Crippen LogP contribution is 2.64. The van der Waals surface area contributed by atoms with Crippen molar-refractivity contribution in [2.45, 2.75) is 85.5 Å². The molecule has 6 atom stereocenters. The molecule has 3 aliphatic carbocycles. The van der Waals surface area contributed by atoms with Gasteiger partial charge < -0.3 is 4.79 Å². The Balaban J connectivity index is 1.85. The van der Waals surface area contributed by atoms with Crippen LogP contribution in [-0.4, -0.2) is 11.6 Å². The molecular formula is C21H34O2. The van der Waals surface area contributed by atoms with Crippen molar-refractivity contribution in [2.75, 3.05) is 0 Å². The van der Waals surface area contributed by atoms with Crippen molar-refractivity contribution in [1.29, 1.82) is 0 Å². The molecule has 2 heteroatoms. The van der Waals surface area contributed by atoms with Crippen LogP contribution in [-0.2, 0) is 9.59 Å². The third-order valence-corrected chi connectivity index (χ3v) is 8.28. The Bertz CT molecular complexity index is 496. The van der Waals surface area contributed by atoms with Gasteiger partial charge in [-0.25, -0.2) is 0 Å². The maximum Gasteiger partial charge on any atom is 0.139 e. The fourth-order valence-electron chi connectivity index (χ4n) is 6.81. The summed E-state index contributed by atoms with van der Waals surface area (Å²) in [5.74, 6) is 3.62. The van der Waals surface area contributed by atoms with Crippen molar-refractivity contribution in [3.63, 3.8) is 0 Å². The largest absolute Gasteiger partial charge is 0.300 e. The zero-order chi connectivity index (χ0) is 16.8. The molecule has 3 fully saturated rings. The maximum absolute atomic E-state index is 12.8. The summed E-state index contributed by atoms with van der Waals surface area (Å²) in [5.41, 5.74) is 0.276. The summed E-state index contributed by atoms with van der Waals surface area (Å²) in [6, 6.07) is 0. The second kappa shape index (κ2) is 6.01. The summed E-state index contributed by atoms with van der Waals surface area (Å²) in [4.78, 5) is 24.3. The van der Waals surface area contributed by atoms with Gasteiger partial charge in [-0.1, -0.05) is 27.2 Å². The van der Waals surface area contributed by atoms with Crippen LogP contribution in [0.5, 0.6) is 0 Å². The Morgan fingerprint density at radius 2 is 1.87 bits per heavy atom. The van der Waals surface area contributed by atoms with Crippen molar-refractivity contribution in [3.05, 3.63) is 0 Å². The quantitative estimate of drug-likeness (QED) is 0.714. The maximum atomic E-state index is 12.8. The van der Waals surface area contributed by atoms with E-state index in [4.69, 9.17) is 0 Å². The van der Waals surface area contributed by atoms with E-state index in [1.807, 2.05) is 0 Å². The smallest absolute Gasteiger partial charge is 0.139 e. The van der Waals surface area contributed by atoms with Crippen molar-refractivity contribution in [2.24, 2.45) is 34.5 Å². The van der Waals surface area contributed by atoms with Gasteiger partial charge in [0.1, 0.15) is 11.6 Å². The van der Waals surface area contributed by atoms with Crippen LogP contribution in [0.1, 0.15) is 85.5 Å². The summed E-state index contributed by atoms with van der Waals surface area (Å²) in [6.07, 6.45) is 9.77. The molecule has 0 aliphatic heterocycles. The molecule has 0 heterocycles. The lowest BCUT2D eigenvalue weighted by Gasteiger charge is -2.56. The molecule has 0 radical (unpaired) electrons. The molecule has 130 valence electrons. The van der Waals surface area contributed by atoms with Gasteiger partial charge in [0, 0.05) is 18.3 Å². The van der Waals surface area contributed by atoms with Crippen molar-refractivity contribution < 1.29 is 9.59 Å². The Morgan fingerprint density at radius 1 is 1.13 bits per heavy atom. The van der Waals surface area contributed by atoms with Gasteiger partial charge in [-0.05, 0) is 74.5 Å². The fourth-order valence-corrected chi connectivity index (χ4v) is 6.81. The monoisotopic (exact) mass is 318 g/mol. The predicted octanol–water partition coefficient (Wildman–Crippen LogP) is 5.19. The Hall–Kier alpha value is -0.660. The lowest BCUT2D eigenvalue weighted by atomic mass is 9.48. The topological polar surface area (TPSA) is 34.1 Å². The van der Waals surface area contributed by atoms with Gasteiger partial charge >= 0.3 is 0 Å². The normalized spacial score (nSPS) is 46.3.